The lowest BCUT2D eigenvalue weighted by Crippen LogP contribution is -2.52. The highest BCUT2D eigenvalue weighted by molar-refractivity contribution is 4.91. The largest absolute Gasteiger partial charge is 0.314 e. The Kier molecular flexibility index (Phi) is 62.3. The maximum atomic E-state index is 3.56. The molecular weight excluding hydrogens is 991 g/mol. The van der Waals surface area contributed by atoms with Crippen LogP contribution in [-0.2, 0) is 0 Å². The van der Waals surface area contributed by atoms with Crippen molar-refractivity contribution in [3.8, 4) is 0 Å². The Balaban J connectivity index is -0.000000103. The molecule has 0 aromatic heterocycles. The summed E-state index contributed by atoms with van der Waals surface area (Å²) in [5.41, 5.74) is 2.18. The summed E-state index contributed by atoms with van der Waals surface area (Å²) in [7, 11) is 0. The minimum Gasteiger partial charge on any atom is -0.314 e. The second kappa shape index (κ2) is 50.6. The third-order valence-corrected chi connectivity index (χ3v) is 13.3. The minimum absolute atomic E-state index is 0.209. The first-order valence-electron chi connectivity index (χ1n) is 33.4. The van der Waals surface area contributed by atoms with Gasteiger partial charge in [-0.2, -0.15) is 0 Å². The number of rotatable bonds is 21. The lowest BCUT2D eigenvalue weighted by molar-refractivity contribution is 0.164. The van der Waals surface area contributed by atoms with Crippen molar-refractivity contribution in [3.63, 3.8) is 0 Å². The standard InChI is InChI=1S/C10H23N.2C9H21N.3C8H19N.2C7H17N.C6H15N/c1-8(2)11-10(6,7)9(3,4)5;1-7(2)10-8(3)9(4,5)6;1-7(2)9(5,6)10-8(3)4;1-7(2)9-6-8(3,4)5;1-6-8(4,5)9-7(2)3;1-6(2)8(5)9-7(3)4;1-6(2)8-7(3,4)5;1-5-7(4)8-6(2)3;1-5(2)7-6(3)4/h8,11H,1-7H3;2*7-8,10H,1-6H3;2*7,9H,6H2,1-5H3;6-9H,1-5H3;6,8H,1-5H3;6-8H,5H2,1-4H3;5-7H,1-4H3. The Labute approximate surface area is 519 Å². The van der Waals surface area contributed by atoms with Gasteiger partial charge >= 0.3 is 0 Å². The van der Waals surface area contributed by atoms with E-state index in [1.165, 1.54) is 12.8 Å². The van der Waals surface area contributed by atoms with Crippen LogP contribution in [0.5, 0.6) is 0 Å². The monoisotopic (exact) mass is 1160 g/mol. The molecule has 9 nitrogen and oxygen atoms in total. The fourth-order valence-corrected chi connectivity index (χ4v) is 6.93. The van der Waals surface area contributed by atoms with Gasteiger partial charge in [-0.05, 0) is 124 Å². The van der Waals surface area contributed by atoms with Crippen LogP contribution in [0.15, 0.2) is 0 Å². The van der Waals surface area contributed by atoms with Gasteiger partial charge < -0.3 is 47.9 Å². The quantitative estimate of drug-likeness (QED) is 0.0555. The zero-order chi connectivity index (χ0) is 67.6. The summed E-state index contributed by atoms with van der Waals surface area (Å²) in [5, 5.41) is 30.9. The molecule has 0 saturated carbocycles. The summed E-state index contributed by atoms with van der Waals surface area (Å²) in [6, 6.07) is 7.94. The average molecular weight is 1160 g/mol. The molecular formula is C72H171N9. The van der Waals surface area contributed by atoms with Gasteiger partial charge in [0.05, 0.1) is 0 Å². The summed E-state index contributed by atoms with van der Waals surface area (Å²) in [4.78, 5) is 0. The molecule has 0 saturated heterocycles. The van der Waals surface area contributed by atoms with Gasteiger partial charge in [-0.15, -0.1) is 0 Å². The summed E-state index contributed by atoms with van der Waals surface area (Å²) in [6.07, 6.45) is 2.41. The van der Waals surface area contributed by atoms with Crippen LogP contribution in [0.1, 0.15) is 338 Å². The average Bonchev–Trinajstić information content (AvgIpc) is 3.17. The second-order valence-corrected chi connectivity index (χ2v) is 33.4. The third kappa shape index (κ3) is 93.5. The predicted molar refractivity (Wildman–Crippen MR) is 383 cm³/mol. The van der Waals surface area contributed by atoms with Gasteiger partial charge in [0.2, 0.25) is 0 Å². The van der Waals surface area contributed by atoms with E-state index in [0.717, 1.165) is 12.5 Å². The van der Waals surface area contributed by atoms with E-state index in [1.807, 2.05) is 0 Å². The summed E-state index contributed by atoms with van der Waals surface area (Å²) >= 11 is 0. The van der Waals surface area contributed by atoms with Crippen molar-refractivity contribution in [3.05, 3.63) is 0 Å². The molecule has 504 valence electrons. The Morgan fingerprint density at radius 1 is 0.333 bits per heavy atom. The Morgan fingerprint density at radius 2 is 0.667 bits per heavy atom. The van der Waals surface area contributed by atoms with Crippen LogP contribution in [0.2, 0.25) is 0 Å². The Morgan fingerprint density at radius 3 is 0.753 bits per heavy atom. The fraction of sp³-hybridized carbons (Fsp3) is 1.00. The SMILES string of the molecule is CC(C)NC(C)(C)C.CC(C)NC(C)(C)C(C)(C)C.CC(C)NC(C)(C)C(C)C.CC(C)NC(C)C.CC(C)NC(C)C(C)(C)C.CC(C)NC(C)C(C)C.CC(C)NCC(C)(C)C.CCC(C)(C)NC(C)C.CCC(C)NC(C)C. The smallest absolute Gasteiger partial charge is 0.0175 e. The van der Waals surface area contributed by atoms with Crippen molar-refractivity contribution >= 4 is 0 Å². The molecule has 0 fully saturated rings. The molecule has 0 radical (unpaired) electrons. The molecule has 0 spiro atoms. The summed E-state index contributed by atoms with van der Waals surface area (Å²) in [6.45, 7) is 105. The molecule has 0 rings (SSSR count). The lowest BCUT2D eigenvalue weighted by Gasteiger charge is -2.41. The highest BCUT2D eigenvalue weighted by atomic mass is 15.0. The van der Waals surface area contributed by atoms with Gasteiger partial charge in [-0.1, -0.05) is 242 Å². The first kappa shape index (κ1) is 99.7. The first-order valence-corrected chi connectivity index (χ1v) is 33.4. The summed E-state index contributed by atoms with van der Waals surface area (Å²) < 4.78 is 0. The molecule has 0 aliphatic carbocycles. The topological polar surface area (TPSA) is 108 Å². The van der Waals surface area contributed by atoms with E-state index in [-0.39, 0.29) is 16.6 Å². The zero-order valence-electron chi connectivity index (χ0n) is 65.8. The molecule has 9 N–H and O–H groups in total. The van der Waals surface area contributed by atoms with Crippen molar-refractivity contribution < 1.29 is 0 Å². The van der Waals surface area contributed by atoms with Crippen LogP contribution in [0.25, 0.3) is 0 Å². The van der Waals surface area contributed by atoms with Crippen LogP contribution in [-0.4, -0.2) is 107 Å². The van der Waals surface area contributed by atoms with Crippen molar-refractivity contribution in [1.82, 2.24) is 47.9 Å². The highest BCUT2D eigenvalue weighted by Crippen LogP contribution is 2.29. The maximum absolute atomic E-state index is 3.56. The van der Waals surface area contributed by atoms with E-state index in [0.29, 0.717) is 106 Å². The van der Waals surface area contributed by atoms with Crippen LogP contribution in [0.3, 0.4) is 0 Å². The lowest BCUT2D eigenvalue weighted by atomic mass is 9.76. The van der Waals surface area contributed by atoms with Gasteiger partial charge in [-0.25, -0.2) is 0 Å². The second-order valence-electron chi connectivity index (χ2n) is 33.4. The van der Waals surface area contributed by atoms with E-state index in [1.54, 1.807) is 0 Å². The van der Waals surface area contributed by atoms with Crippen molar-refractivity contribution in [2.45, 2.75) is 439 Å². The molecule has 0 bridgehead atoms. The molecule has 81 heavy (non-hydrogen) atoms. The van der Waals surface area contributed by atoms with Gasteiger partial charge in [0.1, 0.15) is 0 Å². The van der Waals surface area contributed by atoms with Gasteiger partial charge in [0.25, 0.3) is 0 Å². The molecule has 3 unspecified atom stereocenters. The van der Waals surface area contributed by atoms with Crippen molar-refractivity contribution in [1.29, 1.82) is 0 Å². The molecule has 0 aromatic rings. The van der Waals surface area contributed by atoms with E-state index in [4.69, 9.17) is 0 Å². The maximum Gasteiger partial charge on any atom is 0.0175 e. The van der Waals surface area contributed by atoms with Crippen LogP contribution in [0.4, 0.5) is 0 Å². The number of hydrogen-bond donors (Lipinski definition) is 9. The molecule has 0 aliphatic rings. The third-order valence-electron chi connectivity index (χ3n) is 13.3. The predicted octanol–water partition coefficient (Wildman–Crippen LogP) is 18.8. The Bertz CT molecular complexity index is 1270. The van der Waals surface area contributed by atoms with Crippen LogP contribution in [0, 0.1) is 28.1 Å². The van der Waals surface area contributed by atoms with Crippen LogP contribution < -0.4 is 47.9 Å². The van der Waals surface area contributed by atoms with Crippen molar-refractivity contribution in [2.24, 2.45) is 28.1 Å². The fourth-order valence-electron chi connectivity index (χ4n) is 6.93. The molecule has 0 amide bonds. The highest BCUT2D eigenvalue weighted by Gasteiger charge is 2.32. The molecule has 9 heteroatoms. The summed E-state index contributed by atoms with van der Waals surface area (Å²) in [5.74, 6) is 1.43. The van der Waals surface area contributed by atoms with E-state index in [9.17, 15) is 0 Å². The van der Waals surface area contributed by atoms with E-state index < -0.39 is 0 Å². The van der Waals surface area contributed by atoms with Gasteiger partial charge in [-0.3, -0.25) is 0 Å². The minimum atomic E-state index is 0.209. The van der Waals surface area contributed by atoms with Crippen LogP contribution >= 0.6 is 0 Å². The zero-order valence-corrected chi connectivity index (χ0v) is 65.8. The molecule has 3 atom stereocenters. The molecule has 0 aliphatic heterocycles. The van der Waals surface area contributed by atoms with E-state index >= 15 is 0 Å². The first-order chi connectivity index (χ1) is 35.5. The van der Waals surface area contributed by atoms with Gasteiger partial charge in [0, 0.05) is 107 Å². The molecule has 0 heterocycles. The van der Waals surface area contributed by atoms with Gasteiger partial charge in [0.15, 0.2) is 0 Å². The van der Waals surface area contributed by atoms with E-state index in [2.05, 4.69) is 373 Å². The number of hydrogen-bond acceptors (Lipinski definition) is 9. The Hall–Kier alpha value is -0.360. The normalized spacial score (nSPS) is 13.7. The van der Waals surface area contributed by atoms with Crippen molar-refractivity contribution in [2.75, 3.05) is 6.54 Å². The molecule has 0 aromatic carbocycles. The number of nitrogens with one attached hydrogen (secondary N) is 9.